The number of alkyl halides is 9. The van der Waals surface area contributed by atoms with Crippen LogP contribution in [0.15, 0.2) is 122 Å². The Hall–Kier alpha value is -7.57. The number of hydrogen-bond acceptors (Lipinski definition) is 9. The highest BCUT2D eigenvalue weighted by atomic mass is 19.4. The van der Waals surface area contributed by atoms with Gasteiger partial charge in [0.05, 0.1) is 0 Å². The molecule has 18 heteroatoms. The molecule has 6 aliphatic heterocycles. The van der Waals surface area contributed by atoms with Gasteiger partial charge in [-0.05, 0) is 285 Å². The van der Waals surface area contributed by atoms with Crippen LogP contribution in [0.5, 0.6) is 0 Å². The quantitative estimate of drug-likeness (QED) is 0.0609. The van der Waals surface area contributed by atoms with Gasteiger partial charge in [-0.2, -0.15) is 39.5 Å². The molecule has 0 aromatic heterocycles. The van der Waals surface area contributed by atoms with Crippen LogP contribution in [0, 0.1) is 84.0 Å². The number of piperidine rings is 6. The van der Waals surface area contributed by atoms with Gasteiger partial charge in [0, 0.05) is 131 Å². The normalized spacial score (nSPS) is 17.1. The number of aliphatic hydroxyl groups excluding tert-OH is 1. The molecular weight excluding hydrogens is 1470 g/mol. The molecule has 6 heterocycles. The van der Waals surface area contributed by atoms with Gasteiger partial charge in [0.1, 0.15) is 6.29 Å². The lowest BCUT2D eigenvalue weighted by Crippen LogP contribution is -2.35. The number of benzene rings is 6. The van der Waals surface area contributed by atoms with Crippen molar-refractivity contribution in [3.05, 3.63) is 194 Å². The van der Waals surface area contributed by atoms with Crippen molar-refractivity contribution in [1.82, 2.24) is 5.32 Å². The Morgan fingerprint density at radius 1 is 0.374 bits per heavy atom. The summed E-state index contributed by atoms with van der Waals surface area (Å²) in [6.45, 7) is 41.9. The number of aliphatic hydroxyl groups is 1. The average molecular weight is 1610 g/mol. The number of rotatable bonds is 19. The molecule has 115 heavy (non-hydrogen) atoms. The van der Waals surface area contributed by atoms with Crippen LogP contribution in [0.25, 0.3) is 12.2 Å². The lowest BCUT2D eigenvalue weighted by atomic mass is 9.93. The topological polar surface area (TPSA) is 82.6 Å². The molecule has 0 bridgehead atoms. The standard InChI is InChI=1S/C17H24F3N.C17H22F3N.C16H22F3NO.C16H23N.C15H21NO.C9H10O.C7H15N/c2*1-3-14-7-10-21(11-8-14)16-12-13(2)4-5-15(16)6-9-17(18,19)20;1-12-2-3-14(4-7-16(17,18)19)15(10-12)20-8-5-13(11-21)6-9-20;1-4-14-8-10-17(11-9-14)16-12-13(3)6-7-15(16)5-2;1-3-13-6-8-16(9-7-13)15-10-12(2)4-5-14(15)11-17;1-7-3-4-9(6-10)8(2)5-7;1-2-7-3-5-8-6-4-7/h4-5,12,14H,3,6-11H2,1-2H3;4-6,9,12,14H,3,7-8,10-11H2,1-2H3;2-3,10,13,21H,4-9,11H2,1H3;5-7,12,14H,2,4,8-11H2,1,3H3;4-5,10-11,13H,3,6-9H2,1-2H3;3-6H,1-2H3;7-8H,2-6H2,1H3/b;9-6+;;;;;. The first-order valence-corrected chi connectivity index (χ1v) is 42.9. The summed E-state index contributed by atoms with van der Waals surface area (Å²) in [5.41, 5.74) is 18.5. The third-order valence-electron chi connectivity index (χ3n) is 24.1. The number of nitrogens with one attached hydrogen (secondary N) is 1. The first-order valence-electron chi connectivity index (χ1n) is 42.9. The van der Waals surface area contributed by atoms with E-state index in [1.54, 1.807) is 6.07 Å². The van der Waals surface area contributed by atoms with E-state index in [0.29, 0.717) is 17.6 Å². The van der Waals surface area contributed by atoms with E-state index < -0.39 is 31.4 Å². The Balaban J connectivity index is 0.000000212. The monoisotopic (exact) mass is 1610 g/mol. The Bertz CT molecular complexity index is 3700. The molecule has 6 aromatic rings. The van der Waals surface area contributed by atoms with Gasteiger partial charge in [-0.15, -0.1) is 0 Å². The lowest BCUT2D eigenvalue weighted by Gasteiger charge is -2.34. The van der Waals surface area contributed by atoms with Crippen molar-refractivity contribution < 1.29 is 54.2 Å². The van der Waals surface area contributed by atoms with Crippen LogP contribution < -0.4 is 29.8 Å². The number of carbonyl (C=O) groups excluding carboxylic acids is 2. The summed E-state index contributed by atoms with van der Waals surface area (Å²) in [5, 5.41) is 12.5. The molecule has 6 saturated heterocycles. The van der Waals surface area contributed by atoms with Crippen molar-refractivity contribution in [3.63, 3.8) is 0 Å². The minimum absolute atomic E-state index is 0.0268. The van der Waals surface area contributed by atoms with Crippen LogP contribution in [-0.2, 0) is 12.8 Å². The highest BCUT2D eigenvalue weighted by Crippen LogP contribution is 2.37. The maximum absolute atomic E-state index is 12.5. The second-order valence-electron chi connectivity index (χ2n) is 32.9. The average Bonchev–Trinajstić information content (AvgIpc) is 0.845. The van der Waals surface area contributed by atoms with Crippen molar-refractivity contribution in [3.8, 4) is 0 Å². The van der Waals surface area contributed by atoms with Gasteiger partial charge in [-0.1, -0.05) is 158 Å². The second kappa shape index (κ2) is 49.0. The smallest absolute Gasteiger partial charge is 0.396 e. The van der Waals surface area contributed by atoms with Crippen molar-refractivity contribution in [1.29, 1.82) is 0 Å². The van der Waals surface area contributed by atoms with E-state index in [2.05, 4.69) is 109 Å². The van der Waals surface area contributed by atoms with Crippen LogP contribution in [0.3, 0.4) is 0 Å². The molecule has 6 fully saturated rings. The maximum atomic E-state index is 12.5. The fourth-order valence-electron chi connectivity index (χ4n) is 16.2. The number of hydrogen-bond donors (Lipinski definition) is 2. The molecule has 2 N–H and O–H groups in total. The molecule has 0 spiro atoms. The summed E-state index contributed by atoms with van der Waals surface area (Å²) in [6, 6.07) is 35.6. The van der Waals surface area contributed by atoms with Crippen LogP contribution in [-0.4, -0.2) is 121 Å². The molecule has 9 nitrogen and oxygen atoms in total. The molecule has 6 aromatic carbocycles. The number of carbonyl (C=O) groups is 2. The molecule has 0 aliphatic carbocycles. The van der Waals surface area contributed by atoms with Crippen molar-refractivity contribution in [2.75, 3.05) is 110 Å². The van der Waals surface area contributed by atoms with E-state index in [1.165, 1.54) is 131 Å². The largest absolute Gasteiger partial charge is 0.409 e. The minimum atomic E-state index is -4.27. The minimum Gasteiger partial charge on any atom is -0.396 e. The summed E-state index contributed by atoms with van der Waals surface area (Å²) < 4.78 is 112. The molecule has 0 saturated carbocycles. The van der Waals surface area contributed by atoms with E-state index in [4.69, 9.17) is 0 Å². The van der Waals surface area contributed by atoms with E-state index in [9.17, 15) is 54.2 Å². The van der Waals surface area contributed by atoms with Gasteiger partial charge in [0.2, 0.25) is 0 Å². The molecule has 0 unspecified atom stereocenters. The van der Waals surface area contributed by atoms with Gasteiger partial charge in [-0.25, -0.2) is 0 Å². The molecule has 0 atom stereocenters. The molecule has 0 amide bonds. The number of aryl methyl sites for hydroxylation is 9. The van der Waals surface area contributed by atoms with Gasteiger partial charge >= 0.3 is 18.5 Å². The molecule has 12 rings (SSSR count). The Kier molecular flexibility index (Phi) is 41.0. The predicted molar refractivity (Wildman–Crippen MR) is 465 cm³/mol. The van der Waals surface area contributed by atoms with E-state index in [-0.39, 0.29) is 19.4 Å². The Labute approximate surface area is 685 Å². The van der Waals surface area contributed by atoms with Crippen LogP contribution in [0.4, 0.5) is 68.0 Å². The second-order valence-corrected chi connectivity index (χ2v) is 32.9. The Morgan fingerprint density at radius 3 is 0.957 bits per heavy atom. The van der Waals surface area contributed by atoms with Gasteiger partial charge in [0.15, 0.2) is 6.29 Å². The summed E-state index contributed by atoms with van der Waals surface area (Å²) in [6.07, 6.45) is 12.1. The SMILES string of the molecule is C=Cc1ccc(C)cc1N1CCC(CC)CC1.CCC1CCN(c2cc(C)ccc2/C=C/C(F)(F)F)CC1.CCC1CCN(c2cc(C)ccc2C=O)CC1.CCC1CCN(c2cc(C)ccc2CCC(F)(F)F)CC1.CCC1CCNCC1.Cc1ccc(C=O)c(C)c1.Cc1ccc(CCC(F)(F)F)c(N2CCC(CO)CC2)c1. The van der Waals surface area contributed by atoms with Crippen LogP contribution >= 0.6 is 0 Å². The van der Waals surface area contributed by atoms with E-state index in [1.807, 2.05) is 120 Å². The molecule has 6 aliphatic rings. The summed E-state index contributed by atoms with van der Waals surface area (Å²) in [5.74, 6) is 4.67. The highest BCUT2D eigenvalue weighted by molar-refractivity contribution is 5.85. The maximum Gasteiger partial charge on any atom is 0.409 e. The van der Waals surface area contributed by atoms with Gasteiger partial charge in [0.25, 0.3) is 0 Å². The fraction of sp³-hybridized carbons (Fsp3) is 0.567. The number of allylic oxidation sites excluding steroid dienone is 1. The zero-order chi connectivity index (χ0) is 84.3. The zero-order valence-electron chi connectivity index (χ0n) is 71.4. The van der Waals surface area contributed by atoms with Crippen molar-refractivity contribution in [2.24, 2.45) is 35.5 Å². The first-order chi connectivity index (χ1) is 54.8. The third kappa shape index (κ3) is 34.1. The molecular formula is C97H137F9N6O3. The van der Waals surface area contributed by atoms with Crippen molar-refractivity contribution >= 4 is 53.2 Å². The van der Waals surface area contributed by atoms with Crippen molar-refractivity contribution in [2.45, 2.75) is 236 Å². The third-order valence-corrected chi connectivity index (χ3v) is 24.1. The summed E-state index contributed by atoms with van der Waals surface area (Å²) >= 11 is 0. The van der Waals surface area contributed by atoms with Crippen LogP contribution in [0.2, 0.25) is 0 Å². The van der Waals surface area contributed by atoms with Gasteiger partial charge in [-0.3, -0.25) is 9.59 Å². The number of aldehydes is 2. The Morgan fingerprint density at radius 2 is 0.652 bits per heavy atom. The van der Waals surface area contributed by atoms with Crippen LogP contribution in [0.1, 0.15) is 239 Å². The zero-order valence-corrected chi connectivity index (χ0v) is 71.4. The summed E-state index contributed by atoms with van der Waals surface area (Å²) in [4.78, 5) is 32.9. The molecule has 636 valence electrons. The first kappa shape index (κ1) is 96.3. The van der Waals surface area contributed by atoms with E-state index >= 15 is 0 Å². The predicted octanol–water partition coefficient (Wildman–Crippen LogP) is 25.2. The van der Waals surface area contributed by atoms with E-state index in [0.717, 1.165) is 200 Å². The highest BCUT2D eigenvalue weighted by Gasteiger charge is 2.31. The lowest BCUT2D eigenvalue weighted by molar-refractivity contribution is -0.134. The number of anilines is 5. The summed E-state index contributed by atoms with van der Waals surface area (Å²) in [7, 11) is 0. The fourth-order valence-corrected chi connectivity index (χ4v) is 16.2. The molecule has 0 radical (unpaired) electrons. The number of halogens is 9. The van der Waals surface area contributed by atoms with Gasteiger partial charge < -0.3 is 34.9 Å². The number of nitrogens with zero attached hydrogens (tertiary/aromatic N) is 5.